The van der Waals surface area contributed by atoms with Gasteiger partial charge in [-0.1, -0.05) is 13.0 Å². The van der Waals surface area contributed by atoms with Gasteiger partial charge >= 0.3 is 0 Å². The van der Waals surface area contributed by atoms with Crippen LogP contribution in [-0.2, 0) is 6.42 Å². The van der Waals surface area contributed by atoms with Crippen LogP contribution in [0.15, 0.2) is 18.3 Å². The Bertz CT molecular complexity index is 198. The lowest BCUT2D eigenvalue weighted by Crippen LogP contribution is -1.88. The van der Waals surface area contributed by atoms with E-state index in [4.69, 9.17) is 0 Å². The van der Waals surface area contributed by atoms with Crippen LogP contribution in [-0.4, -0.2) is 4.98 Å². The van der Waals surface area contributed by atoms with Crippen LogP contribution < -0.4 is 0 Å². The van der Waals surface area contributed by atoms with Gasteiger partial charge in [-0.05, 0) is 12.5 Å². The molecule has 0 atom stereocenters. The van der Waals surface area contributed by atoms with Crippen molar-refractivity contribution in [3.05, 3.63) is 29.8 Å². The van der Waals surface area contributed by atoms with E-state index >= 15 is 0 Å². The molecule has 1 aromatic rings. The first kappa shape index (κ1) is 6.20. The van der Waals surface area contributed by atoms with E-state index in [2.05, 4.69) is 4.98 Å². The third-order valence-electron chi connectivity index (χ3n) is 1.22. The first-order valence-corrected chi connectivity index (χ1v) is 2.94. The van der Waals surface area contributed by atoms with E-state index in [0.29, 0.717) is 12.0 Å². The van der Waals surface area contributed by atoms with Crippen LogP contribution in [0.25, 0.3) is 0 Å². The van der Waals surface area contributed by atoms with Gasteiger partial charge < -0.3 is 0 Å². The lowest BCUT2D eigenvalue weighted by molar-refractivity contribution is 0.568. The number of hydrogen-bond donors (Lipinski definition) is 0. The number of aromatic nitrogens is 1. The maximum Gasteiger partial charge on any atom is 0.216 e. The molecule has 0 amide bonds. The maximum atomic E-state index is 12.5. The first-order valence-electron chi connectivity index (χ1n) is 2.94. The fourth-order valence-electron chi connectivity index (χ4n) is 0.683. The molecule has 1 heterocycles. The standard InChI is InChI=1S/C7H8FN/c1-2-6-4-3-5-9-7(6)8/h3-5H,2H2,1H3/i8-1. The lowest BCUT2D eigenvalue weighted by atomic mass is 10.2. The number of aryl methyl sites for hydroxylation is 1. The zero-order valence-electron chi connectivity index (χ0n) is 5.26. The normalized spacial score (nSPS) is 9.56. The van der Waals surface area contributed by atoms with E-state index < -0.39 is 0 Å². The third kappa shape index (κ3) is 1.25. The summed E-state index contributed by atoms with van der Waals surface area (Å²) in [4.78, 5) is 3.48. The van der Waals surface area contributed by atoms with Crippen LogP contribution in [0.2, 0.25) is 0 Å². The second kappa shape index (κ2) is 2.58. The van der Waals surface area contributed by atoms with Crippen molar-refractivity contribution in [1.29, 1.82) is 0 Å². The van der Waals surface area contributed by atoms with E-state index in [1.54, 1.807) is 12.1 Å². The van der Waals surface area contributed by atoms with Gasteiger partial charge in [-0.15, -0.1) is 0 Å². The molecule has 48 valence electrons. The Kier molecular flexibility index (Phi) is 1.78. The van der Waals surface area contributed by atoms with Crippen molar-refractivity contribution in [2.45, 2.75) is 13.3 Å². The molecule has 0 unspecified atom stereocenters. The molecule has 0 bridgehead atoms. The summed E-state index contributed by atoms with van der Waals surface area (Å²) in [6, 6.07) is 3.48. The molecule has 9 heavy (non-hydrogen) atoms. The van der Waals surface area contributed by atoms with E-state index in [1.807, 2.05) is 6.92 Å². The van der Waals surface area contributed by atoms with Crippen molar-refractivity contribution < 1.29 is 4.39 Å². The lowest BCUT2D eigenvalue weighted by Gasteiger charge is -1.93. The van der Waals surface area contributed by atoms with E-state index in [-0.39, 0.29) is 5.95 Å². The summed E-state index contributed by atoms with van der Waals surface area (Å²) < 4.78 is 12.5. The van der Waals surface area contributed by atoms with Gasteiger partial charge in [0, 0.05) is 11.8 Å². The van der Waals surface area contributed by atoms with Gasteiger partial charge in [0.15, 0.2) is 0 Å². The summed E-state index contributed by atoms with van der Waals surface area (Å²) in [6.07, 6.45) is 2.16. The predicted octanol–water partition coefficient (Wildman–Crippen LogP) is 1.78. The summed E-state index contributed by atoms with van der Waals surface area (Å²) >= 11 is 0. The SMILES string of the molecule is CCc1cccnc1[18F]. The van der Waals surface area contributed by atoms with Crippen LogP contribution in [0.1, 0.15) is 12.5 Å². The molecule has 0 radical (unpaired) electrons. The first-order chi connectivity index (χ1) is 4.34. The topological polar surface area (TPSA) is 12.9 Å². The quantitative estimate of drug-likeness (QED) is 0.520. The van der Waals surface area contributed by atoms with Gasteiger partial charge in [-0.2, -0.15) is 4.39 Å². The van der Waals surface area contributed by atoms with E-state index in [1.165, 1.54) is 6.20 Å². The molecule has 2 heteroatoms. The van der Waals surface area contributed by atoms with Crippen molar-refractivity contribution in [1.82, 2.24) is 4.98 Å². The summed E-state index contributed by atoms with van der Waals surface area (Å²) in [5.74, 6) is -0.347. The third-order valence-corrected chi connectivity index (χ3v) is 1.22. The van der Waals surface area contributed by atoms with Gasteiger partial charge in [0.05, 0.1) is 0 Å². The molecule has 0 aliphatic rings. The van der Waals surface area contributed by atoms with Crippen molar-refractivity contribution in [3.63, 3.8) is 0 Å². The molecule has 1 rings (SSSR count). The van der Waals surface area contributed by atoms with Crippen molar-refractivity contribution in [3.8, 4) is 0 Å². The smallest absolute Gasteiger partial charge is 0.216 e. The average Bonchev–Trinajstić information content (AvgIpc) is 1.89. The average molecular weight is 124 g/mol. The van der Waals surface area contributed by atoms with E-state index in [0.717, 1.165) is 0 Å². The molecule has 1 nitrogen and oxygen atoms in total. The van der Waals surface area contributed by atoms with Crippen LogP contribution in [0, 0.1) is 5.95 Å². The Morgan fingerprint density at radius 2 is 2.44 bits per heavy atom. The van der Waals surface area contributed by atoms with Crippen LogP contribution in [0.4, 0.5) is 4.39 Å². The summed E-state index contributed by atoms with van der Waals surface area (Å²) in [5, 5.41) is 0. The monoisotopic (exact) mass is 124 g/mol. The van der Waals surface area contributed by atoms with Gasteiger partial charge in [0.25, 0.3) is 0 Å². The van der Waals surface area contributed by atoms with Crippen LogP contribution in [0.5, 0.6) is 0 Å². The number of pyridine rings is 1. The van der Waals surface area contributed by atoms with Gasteiger partial charge in [0.1, 0.15) is 0 Å². The highest BCUT2D eigenvalue weighted by Crippen LogP contribution is 2.01. The number of halogens is 1. The molecular formula is C7H8FN. The summed E-state index contributed by atoms with van der Waals surface area (Å²) in [6.45, 7) is 1.90. The van der Waals surface area contributed by atoms with Gasteiger partial charge in [0.2, 0.25) is 5.95 Å². The van der Waals surface area contributed by atoms with Crippen molar-refractivity contribution in [2.75, 3.05) is 0 Å². The van der Waals surface area contributed by atoms with Gasteiger partial charge in [-0.25, -0.2) is 4.98 Å². The Morgan fingerprint density at radius 3 is 2.89 bits per heavy atom. The Labute approximate surface area is 53.5 Å². The molecule has 0 spiro atoms. The molecule has 0 saturated heterocycles. The minimum atomic E-state index is -0.347. The highest BCUT2D eigenvalue weighted by atomic mass is 18.2. The minimum absolute atomic E-state index is 0.347. The molecule has 0 aromatic carbocycles. The highest BCUT2D eigenvalue weighted by Gasteiger charge is 1.95. The minimum Gasteiger partial charge on any atom is -0.228 e. The molecule has 0 saturated carbocycles. The molecule has 0 fully saturated rings. The second-order valence-electron chi connectivity index (χ2n) is 1.81. The summed E-state index contributed by atoms with van der Waals surface area (Å²) in [5.41, 5.74) is 0.678. The zero-order chi connectivity index (χ0) is 6.69. The van der Waals surface area contributed by atoms with Crippen molar-refractivity contribution in [2.24, 2.45) is 0 Å². The number of rotatable bonds is 1. The van der Waals surface area contributed by atoms with Crippen molar-refractivity contribution >= 4 is 0 Å². The number of nitrogens with zero attached hydrogens (tertiary/aromatic N) is 1. The second-order valence-corrected chi connectivity index (χ2v) is 1.81. The van der Waals surface area contributed by atoms with E-state index in [9.17, 15) is 4.39 Å². The number of hydrogen-bond acceptors (Lipinski definition) is 1. The largest absolute Gasteiger partial charge is 0.228 e. The van der Waals surface area contributed by atoms with Crippen LogP contribution in [0.3, 0.4) is 0 Å². The van der Waals surface area contributed by atoms with Crippen LogP contribution >= 0.6 is 0 Å². The predicted molar refractivity (Wildman–Crippen MR) is 33.6 cm³/mol. The van der Waals surface area contributed by atoms with Gasteiger partial charge in [-0.3, -0.25) is 0 Å². The molecule has 0 N–H and O–H groups in total. The molecule has 1 aromatic heterocycles. The fourth-order valence-corrected chi connectivity index (χ4v) is 0.683. The Hall–Kier alpha value is -0.920. The Morgan fingerprint density at radius 1 is 1.67 bits per heavy atom. The Balaban J connectivity index is 3.01. The molecule has 0 aliphatic heterocycles. The summed E-state index contributed by atoms with van der Waals surface area (Å²) in [7, 11) is 0. The zero-order valence-corrected chi connectivity index (χ0v) is 5.26. The maximum absolute atomic E-state index is 12.5. The molecule has 0 aliphatic carbocycles. The fraction of sp³-hybridized carbons (Fsp3) is 0.286. The molecular weight excluding hydrogens is 116 g/mol. The highest BCUT2D eigenvalue weighted by molar-refractivity contribution is 5.09.